The molecule has 3 aromatic rings. The number of hydrogen-bond donors (Lipinski definition) is 0. The number of furan rings is 1. The molecule has 0 saturated heterocycles. The molecule has 0 unspecified atom stereocenters. The zero-order valence-electron chi connectivity index (χ0n) is 13.8. The lowest BCUT2D eigenvalue weighted by molar-refractivity contribution is 0.0601. The SMILES string of the molecule is COC(=O)c1ccc2c(=O)n(Cc3ccco3)c(SC/C=C/Cl)nc2c1. The van der Waals surface area contributed by atoms with E-state index >= 15 is 0 Å². The Kier molecular flexibility index (Phi) is 5.80. The third kappa shape index (κ3) is 3.84. The molecular formula is C18H15ClN2O4S. The molecule has 0 aliphatic heterocycles. The van der Waals surface area contributed by atoms with Crippen molar-refractivity contribution in [1.82, 2.24) is 9.55 Å². The van der Waals surface area contributed by atoms with E-state index in [9.17, 15) is 9.59 Å². The molecule has 0 aliphatic rings. The fourth-order valence-corrected chi connectivity index (χ4v) is 3.41. The topological polar surface area (TPSA) is 74.3 Å². The number of fused-ring (bicyclic) bond motifs is 1. The minimum absolute atomic E-state index is 0.208. The zero-order valence-corrected chi connectivity index (χ0v) is 15.4. The Hall–Kier alpha value is -2.51. The first-order chi connectivity index (χ1) is 12.6. The molecule has 26 heavy (non-hydrogen) atoms. The van der Waals surface area contributed by atoms with Gasteiger partial charge in [-0.1, -0.05) is 29.4 Å². The Balaban J connectivity index is 2.12. The summed E-state index contributed by atoms with van der Waals surface area (Å²) >= 11 is 6.94. The summed E-state index contributed by atoms with van der Waals surface area (Å²) in [4.78, 5) is 29.3. The molecule has 0 atom stereocenters. The number of carbonyl (C=O) groups is 1. The Bertz CT molecular complexity index is 1010. The van der Waals surface area contributed by atoms with Crippen LogP contribution in [0.3, 0.4) is 0 Å². The largest absolute Gasteiger partial charge is 0.467 e. The molecule has 2 aromatic heterocycles. The zero-order chi connectivity index (χ0) is 18.5. The molecule has 2 heterocycles. The van der Waals surface area contributed by atoms with E-state index in [1.165, 1.54) is 24.4 Å². The minimum atomic E-state index is -0.479. The van der Waals surface area contributed by atoms with Crippen molar-refractivity contribution < 1.29 is 13.9 Å². The summed E-state index contributed by atoms with van der Waals surface area (Å²) in [6.07, 6.45) is 3.31. The third-order valence-corrected chi connectivity index (χ3v) is 4.74. The quantitative estimate of drug-likeness (QED) is 0.363. The Morgan fingerprint density at radius 1 is 1.42 bits per heavy atom. The summed E-state index contributed by atoms with van der Waals surface area (Å²) in [6.45, 7) is 0.264. The van der Waals surface area contributed by atoms with Crippen LogP contribution >= 0.6 is 23.4 Å². The van der Waals surface area contributed by atoms with Crippen LogP contribution in [0, 0.1) is 0 Å². The summed E-state index contributed by atoms with van der Waals surface area (Å²) in [5.74, 6) is 0.720. The molecule has 0 saturated carbocycles. The number of aromatic nitrogens is 2. The average Bonchev–Trinajstić information content (AvgIpc) is 3.17. The normalized spacial score (nSPS) is 11.3. The second-order valence-electron chi connectivity index (χ2n) is 5.26. The minimum Gasteiger partial charge on any atom is -0.467 e. The maximum absolute atomic E-state index is 13.0. The van der Waals surface area contributed by atoms with Crippen LogP contribution in [0.2, 0.25) is 0 Å². The standard InChI is InChI=1S/C18H15ClN2O4S/c1-24-17(23)12-5-6-14-15(10-12)20-18(26-9-3-7-19)21(16(14)22)11-13-4-2-8-25-13/h2-8,10H,9,11H2,1H3/b7-3+. The number of esters is 1. The summed E-state index contributed by atoms with van der Waals surface area (Å²) < 4.78 is 11.6. The van der Waals surface area contributed by atoms with Crippen LogP contribution in [0.1, 0.15) is 16.1 Å². The molecule has 3 rings (SSSR count). The molecular weight excluding hydrogens is 376 g/mol. The van der Waals surface area contributed by atoms with E-state index in [-0.39, 0.29) is 12.1 Å². The first kappa shape index (κ1) is 18.3. The molecule has 8 heteroatoms. The lowest BCUT2D eigenvalue weighted by atomic mass is 10.1. The molecule has 0 bridgehead atoms. The molecule has 1 aromatic carbocycles. The molecule has 0 spiro atoms. The van der Waals surface area contributed by atoms with Crippen molar-refractivity contribution in [2.24, 2.45) is 0 Å². The Labute approximate surface area is 158 Å². The maximum Gasteiger partial charge on any atom is 0.337 e. The van der Waals surface area contributed by atoms with Gasteiger partial charge in [-0.2, -0.15) is 0 Å². The van der Waals surface area contributed by atoms with Gasteiger partial charge in [-0.3, -0.25) is 9.36 Å². The van der Waals surface area contributed by atoms with Gasteiger partial charge in [0.1, 0.15) is 5.76 Å². The predicted octanol–water partition coefficient (Wildman–Crippen LogP) is 3.67. The van der Waals surface area contributed by atoms with Crippen molar-refractivity contribution in [3.05, 3.63) is 69.9 Å². The van der Waals surface area contributed by atoms with Crippen LogP contribution in [0.15, 0.2) is 62.6 Å². The molecule has 134 valence electrons. The number of nitrogens with zero attached hydrogens (tertiary/aromatic N) is 2. The smallest absolute Gasteiger partial charge is 0.337 e. The van der Waals surface area contributed by atoms with Gasteiger partial charge in [-0.25, -0.2) is 9.78 Å². The number of thioether (sulfide) groups is 1. The van der Waals surface area contributed by atoms with Crippen molar-refractivity contribution in [3.8, 4) is 0 Å². The highest BCUT2D eigenvalue weighted by atomic mass is 35.5. The van der Waals surface area contributed by atoms with Crippen molar-refractivity contribution in [2.75, 3.05) is 12.9 Å². The van der Waals surface area contributed by atoms with Crippen LogP contribution in [0.25, 0.3) is 10.9 Å². The van der Waals surface area contributed by atoms with Gasteiger partial charge in [0.15, 0.2) is 5.16 Å². The van der Waals surface area contributed by atoms with Gasteiger partial charge >= 0.3 is 5.97 Å². The molecule has 0 radical (unpaired) electrons. The van der Waals surface area contributed by atoms with E-state index in [0.29, 0.717) is 33.1 Å². The second kappa shape index (κ2) is 8.25. The number of rotatable bonds is 6. The fraction of sp³-hybridized carbons (Fsp3) is 0.167. The van der Waals surface area contributed by atoms with E-state index in [4.69, 9.17) is 20.8 Å². The molecule has 0 N–H and O–H groups in total. The number of methoxy groups -OCH3 is 1. The number of carbonyl (C=O) groups excluding carboxylic acids is 1. The van der Waals surface area contributed by atoms with Gasteiger partial charge in [0.2, 0.25) is 0 Å². The number of ether oxygens (including phenoxy) is 1. The van der Waals surface area contributed by atoms with Gasteiger partial charge in [0.05, 0.1) is 36.4 Å². The summed E-state index contributed by atoms with van der Waals surface area (Å²) in [7, 11) is 1.31. The van der Waals surface area contributed by atoms with Gasteiger partial charge in [-0.15, -0.1) is 0 Å². The Morgan fingerprint density at radius 3 is 2.96 bits per heavy atom. The van der Waals surface area contributed by atoms with Gasteiger partial charge in [0.25, 0.3) is 5.56 Å². The van der Waals surface area contributed by atoms with Crippen LogP contribution in [0.4, 0.5) is 0 Å². The number of hydrogen-bond acceptors (Lipinski definition) is 6. The Morgan fingerprint density at radius 2 is 2.27 bits per heavy atom. The van der Waals surface area contributed by atoms with Crippen LogP contribution in [-0.4, -0.2) is 28.4 Å². The van der Waals surface area contributed by atoms with E-state index in [0.717, 1.165) is 0 Å². The highest BCUT2D eigenvalue weighted by molar-refractivity contribution is 7.99. The van der Waals surface area contributed by atoms with Crippen molar-refractivity contribution >= 4 is 40.2 Å². The summed E-state index contributed by atoms with van der Waals surface area (Å²) in [5, 5.41) is 0.928. The van der Waals surface area contributed by atoms with Crippen molar-refractivity contribution in [1.29, 1.82) is 0 Å². The van der Waals surface area contributed by atoms with Crippen molar-refractivity contribution in [2.45, 2.75) is 11.7 Å². The average molecular weight is 391 g/mol. The van der Waals surface area contributed by atoms with Crippen LogP contribution in [0.5, 0.6) is 0 Å². The molecule has 0 aliphatic carbocycles. The third-order valence-electron chi connectivity index (χ3n) is 3.63. The molecule has 0 amide bonds. The first-order valence-corrected chi connectivity index (χ1v) is 9.09. The van der Waals surface area contributed by atoms with E-state index in [2.05, 4.69) is 4.98 Å². The summed E-state index contributed by atoms with van der Waals surface area (Å²) in [6, 6.07) is 8.26. The molecule has 0 fully saturated rings. The van der Waals surface area contributed by atoms with Crippen LogP contribution in [-0.2, 0) is 11.3 Å². The summed E-state index contributed by atoms with van der Waals surface area (Å²) in [5.41, 5.74) is 1.98. The second-order valence-corrected chi connectivity index (χ2v) is 6.50. The fourth-order valence-electron chi connectivity index (χ4n) is 2.41. The highest BCUT2D eigenvalue weighted by Crippen LogP contribution is 2.20. The lowest BCUT2D eigenvalue weighted by Gasteiger charge is -2.12. The van der Waals surface area contributed by atoms with Gasteiger partial charge < -0.3 is 9.15 Å². The number of halogens is 1. The van der Waals surface area contributed by atoms with Gasteiger partial charge in [0, 0.05) is 11.3 Å². The van der Waals surface area contributed by atoms with Crippen molar-refractivity contribution in [3.63, 3.8) is 0 Å². The van der Waals surface area contributed by atoms with E-state index < -0.39 is 5.97 Å². The van der Waals surface area contributed by atoms with E-state index in [1.807, 2.05) is 0 Å². The highest BCUT2D eigenvalue weighted by Gasteiger charge is 2.15. The van der Waals surface area contributed by atoms with E-state index in [1.54, 1.807) is 47.2 Å². The van der Waals surface area contributed by atoms with Crippen LogP contribution < -0.4 is 5.56 Å². The predicted molar refractivity (Wildman–Crippen MR) is 101 cm³/mol. The van der Waals surface area contributed by atoms with Gasteiger partial charge in [-0.05, 0) is 30.3 Å². The number of benzene rings is 1. The lowest BCUT2D eigenvalue weighted by Crippen LogP contribution is -2.24. The first-order valence-electron chi connectivity index (χ1n) is 7.67. The maximum atomic E-state index is 13.0. The monoisotopic (exact) mass is 390 g/mol. The molecule has 6 nitrogen and oxygen atoms in total.